The Bertz CT molecular complexity index is 697. The summed E-state index contributed by atoms with van der Waals surface area (Å²) in [6.45, 7) is 2.24. The van der Waals surface area contributed by atoms with Crippen LogP contribution in [-0.2, 0) is 11.3 Å². The molecule has 24 heavy (non-hydrogen) atoms. The first-order chi connectivity index (χ1) is 11.5. The molecule has 0 aliphatic carbocycles. The molecule has 6 heteroatoms. The van der Waals surface area contributed by atoms with Crippen LogP contribution in [0.1, 0.15) is 28.0 Å². The third-order valence-corrected chi connectivity index (χ3v) is 4.19. The van der Waals surface area contributed by atoms with Crippen LogP contribution >= 0.6 is 11.6 Å². The average Bonchev–Trinajstić information content (AvgIpc) is 3.02. The van der Waals surface area contributed by atoms with Crippen molar-refractivity contribution in [1.82, 2.24) is 9.80 Å². The first kappa shape index (κ1) is 17.0. The number of carbonyl (C=O) groups is 1. The van der Waals surface area contributed by atoms with Gasteiger partial charge in [-0.2, -0.15) is 0 Å². The van der Waals surface area contributed by atoms with Gasteiger partial charge in [0.15, 0.2) is 5.76 Å². The molecule has 2 heterocycles. The molecule has 128 valence electrons. The molecule has 0 N–H and O–H groups in total. The van der Waals surface area contributed by atoms with Gasteiger partial charge in [-0.1, -0.05) is 23.7 Å². The van der Waals surface area contributed by atoms with Crippen LogP contribution in [0.2, 0.25) is 5.02 Å². The SMILES string of the molecule is CN(C)Cc1ccc(C(=O)N2CCO[C@@H](c3ccc(Cl)cc3)C2)o1. The summed E-state index contributed by atoms with van der Waals surface area (Å²) >= 11 is 5.93. The van der Waals surface area contributed by atoms with E-state index in [1.807, 2.05) is 49.3 Å². The number of halogens is 1. The zero-order chi connectivity index (χ0) is 17.1. The number of rotatable bonds is 4. The second-order valence-electron chi connectivity index (χ2n) is 6.17. The molecule has 1 aliphatic heterocycles. The van der Waals surface area contributed by atoms with Crippen molar-refractivity contribution in [3.63, 3.8) is 0 Å². The van der Waals surface area contributed by atoms with Gasteiger partial charge >= 0.3 is 0 Å². The summed E-state index contributed by atoms with van der Waals surface area (Å²) in [6, 6.07) is 11.1. The molecule has 0 unspecified atom stereocenters. The maximum absolute atomic E-state index is 12.7. The number of morpholine rings is 1. The molecule has 3 rings (SSSR count). The largest absolute Gasteiger partial charge is 0.455 e. The van der Waals surface area contributed by atoms with Crippen LogP contribution in [0.15, 0.2) is 40.8 Å². The molecule has 0 saturated carbocycles. The Morgan fingerprint density at radius 2 is 2.00 bits per heavy atom. The molecule has 1 aromatic carbocycles. The van der Waals surface area contributed by atoms with Gasteiger partial charge in [0.25, 0.3) is 5.91 Å². The summed E-state index contributed by atoms with van der Waals surface area (Å²) in [6.07, 6.45) is -0.142. The normalized spacial score (nSPS) is 18.2. The number of ether oxygens (including phenoxy) is 1. The summed E-state index contributed by atoms with van der Waals surface area (Å²) in [5.41, 5.74) is 1.02. The molecule has 1 aromatic heterocycles. The molecule has 1 fully saturated rings. The van der Waals surface area contributed by atoms with E-state index in [-0.39, 0.29) is 12.0 Å². The van der Waals surface area contributed by atoms with Crippen LogP contribution in [0.4, 0.5) is 0 Å². The van der Waals surface area contributed by atoms with Crippen LogP contribution in [0, 0.1) is 0 Å². The monoisotopic (exact) mass is 348 g/mol. The quantitative estimate of drug-likeness (QED) is 0.851. The molecule has 0 radical (unpaired) electrons. The number of furan rings is 1. The maximum atomic E-state index is 12.7. The van der Waals surface area contributed by atoms with Crippen molar-refractivity contribution in [3.05, 3.63) is 58.5 Å². The van der Waals surface area contributed by atoms with Gasteiger partial charge in [-0.25, -0.2) is 0 Å². The molecule has 1 saturated heterocycles. The molecule has 0 bridgehead atoms. The fourth-order valence-corrected chi connectivity index (χ4v) is 2.88. The Morgan fingerprint density at radius 1 is 1.25 bits per heavy atom. The maximum Gasteiger partial charge on any atom is 0.289 e. The van der Waals surface area contributed by atoms with Crippen LogP contribution < -0.4 is 0 Å². The van der Waals surface area contributed by atoms with Crippen LogP contribution in [-0.4, -0.2) is 49.5 Å². The zero-order valence-corrected chi connectivity index (χ0v) is 14.6. The Balaban J connectivity index is 1.68. The molecular weight excluding hydrogens is 328 g/mol. The second kappa shape index (κ2) is 7.38. The van der Waals surface area contributed by atoms with Gasteiger partial charge in [0.1, 0.15) is 11.9 Å². The number of benzene rings is 1. The van der Waals surface area contributed by atoms with Gasteiger partial charge in [0.05, 0.1) is 19.7 Å². The molecule has 1 atom stereocenters. The highest BCUT2D eigenvalue weighted by atomic mass is 35.5. The minimum Gasteiger partial charge on any atom is -0.455 e. The Morgan fingerprint density at radius 3 is 2.71 bits per heavy atom. The highest BCUT2D eigenvalue weighted by Crippen LogP contribution is 2.25. The number of nitrogens with zero attached hydrogens (tertiary/aromatic N) is 2. The summed E-state index contributed by atoms with van der Waals surface area (Å²) in [7, 11) is 3.92. The fourth-order valence-electron chi connectivity index (χ4n) is 2.76. The minimum absolute atomic E-state index is 0.0951. The van der Waals surface area contributed by atoms with Crippen molar-refractivity contribution in [2.75, 3.05) is 33.8 Å². The van der Waals surface area contributed by atoms with Crippen molar-refractivity contribution in [2.24, 2.45) is 0 Å². The van der Waals surface area contributed by atoms with Gasteiger partial charge < -0.3 is 19.0 Å². The highest BCUT2D eigenvalue weighted by molar-refractivity contribution is 6.30. The van der Waals surface area contributed by atoms with Crippen LogP contribution in [0.5, 0.6) is 0 Å². The van der Waals surface area contributed by atoms with Gasteiger partial charge in [-0.15, -0.1) is 0 Å². The van der Waals surface area contributed by atoms with Gasteiger partial charge in [-0.3, -0.25) is 4.79 Å². The standard InChI is InChI=1S/C18H21ClN2O3/c1-20(2)11-15-7-8-16(24-15)18(22)21-9-10-23-17(12-21)13-3-5-14(19)6-4-13/h3-8,17H,9-12H2,1-2H3/t17-/m1/s1. The first-order valence-electron chi connectivity index (χ1n) is 7.92. The van der Waals surface area contributed by atoms with Gasteiger partial charge in [0.2, 0.25) is 0 Å². The lowest BCUT2D eigenvalue weighted by molar-refractivity contribution is -0.0238. The van der Waals surface area contributed by atoms with E-state index >= 15 is 0 Å². The van der Waals surface area contributed by atoms with E-state index < -0.39 is 0 Å². The minimum atomic E-state index is -0.142. The Hall–Kier alpha value is -1.82. The van der Waals surface area contributed by atoms with E-state index in [1.54, 1.807) is 11.0 Å². The van der Waals surface area contributed by atoms with Crippen molar-refractivity contribution in [1.29, 1.82) is 0 Å². The van der Waals surface area contributed by atoms with E-state index in [9.17, 15) is 4.79 Å². The van der Waals surface area contributed by atoms with Crippen LogP contribution in [0.3, 0.4) is 0 Å². The zero-order valence-electron chi connectivity index (χ0n) is 13.9. The van der Waals surface area contributed by atoms with Crippen molar-refractivity contribution in [2.45, 2.75) is 12.6 Å². The van der Waals surface area contributed by atoms with E-state index in [1.165, 1.54) is 0 Å². The first-order valence-corrected chi connectivity index (χ1v) is 8.30. The smallest absolute Gasteiger partial charge is 0.289 e. The lowest BCUT2D eigenvalue weighted by Gasteiger charge is -2.32. The summed E-state index contributed by atoms with van der Waals surface area (Å²) < 4.78 is 11.5. The number of hydrogen-bond acceptors (Lipinski definition) is 4. The van der Waals surface area contributed by atoms with Crippen molar-refractivity contribution >= 4 is 17.5 Å². The second-order valence-corrected chi connectivity index (χ2v) is 6.60. The Kier molecular flexibility index (Phi) is 5.23. The molecule has 1 aliphatic rings. The van der Waals surface area contributed by atoms with Gasteiger partial charge in [-0.05, 0) is 43.9 Å². The summed E-state index contributed by atoms with van der Waals surface area (Å²) in [5, 5.41) is 0.687. The van der Waals surface area contributed by atoms with E-state index in [2.05, 4.69) is 0 Å². The average molecular weight is 349 g/mol. The predicted octanol–water partition coefficient (Wildman–Crippen LogP) is 3.21. The van der Waals surface area contributed by atoms with Crippen molar-refractivity contribution < 1.29 is 13.9 Å². The van der Waals surface area contributed by atoms with Crippen LogP contribution in [0.25, 0.3) is 0 Å². The lowest BCUT2D eigenvalue weighted by atomic mass is 10.1. The molecule has 5 nitrogen and oxygen atoms in total. The third kappa shape index (κ3) is 3.98. The molecular formula is C18H21ClN2O3. The van der Waals surface area contributed by atoms with E-state index in [0.717, 1.165) is 11.3 Å². The fraction of sp³-hybridized carbons (Fsp3) is 0.389. The lowest BCUT2D eigenvalue weighted by Crippen LogP contribution is -2.42. The summed E-state index contributed by atoms with van der Waals surface area (Å²) in [5.74, 6) is 1.07. The van der Waals surface area contributed by atoms with E-state index in [0.29, 0.717) is 37.0 Å². The Labute approximate surface area is 146 Å². The molecule has 1 amide bonds. The number of hydrogen-bond donors (Lipinski definition) is 0. The van der Waals surface area contributed by atoms with Gasteiger partial charge in [0, 0.05) is 11.6 Å². The predicted molar refractivity (Wildman–Crippen MR) is 92.1 cm³/mol. The highest BCUT2D eigenvalue weighted by Gasteiger charge is 2.27. The molecule has 0 spiro atoms. The number of amides is 1. The number of carbonyl (C=O) groups excluding carboxylic acids is 1. The van der Waals surface area contributed by atoms with E-state index in [4.69, 9.17) is 20.8 Å². The van der Waals surface area contributed by atoms with Crippen molar-refractivity contribution in [3.8, 4) is 0 Å². The third-order valence-electron chi connectivity index (χ3n) is 3.94. The summed E-state index contributed by atoms with van der Waals surface area (Å²) in [4.78, 5) is 16.4. The molecule has 2 aromatic rings. The topological polar surface area (TPSA) is 45.9 Å².